The Balaban J connectivity index is 2.43. The van der Waals surface area contributed by atoms with Gasteiger partial charge in [0.2, 0.25) is 20.0 Å². The molecule has 0 aliphatic rings. The number of nitrogens with two attached hydrogens (primary N) is 1. The van der Waals surface area contributed by atoms with Crippen molar-refractivity contribution in [1.29, 1.82) is 0 Å². The molecule has 0 aromatic heterocycles. The Bertz CT molecular complexity index is 630. The average molecular weight is 335 g/mol. The fourth-order valence-electron chi connectivity index (χ4n) is 1.54. The average Bonchev–Trinajstić information content (AvgIpc) is 2.45. The number of nitrogens with one attached hydrogen (secondary N) is 2. The summed E-state index contributed by atoms with van der Waals surface area (Å²) < 4.78 is 50.4. The first-order chi connectivity index (χ1) is 9.76. The van der Waals surface area contributed by atoms with Crippen LogP contribution >= 0.6 is 0 Å². The molecule has 0 fully saturated rings. The van der Waals surface area contributed by atoms with Crippen molar-refractivity contribution in [1.82, 2.24) is 9.44 Å². The Hall–Kier alpha value is -1.00. The van der Waals surface area contributed by atoms with Crippen LogP contribution in [0.3, 0.4) is 0 Å². The standard InChI is InChI=1S/C12H21N3O4S2/c1-2-20(16,17)14-8-9-21(18,19)15-10-12(13)11-6-4-3-5-7-11/h3-7,12,14-15H,2,8-10,13H2,1H3. The van der Waals surface area contributed by atoms with E-state index < -0.39 is 26.1 Å². The van der Waals surface area contributed by atoms with E-state index in [2.05, 4.69) is 9.44 Å². The molecule has 21 heavy (non-hydrogen) atoms. The summed E-state index contributed by atoms with van der Waals surface area (Å²) in [5, 5.41) is 0. The van der Waals surface area contributed by atoms with Crippen LogP contribution in [0.4, 0.5) is 0 Å². The highest BCUT2D eigenvalue weighted by atomic mass is 32.2. The van der Waals surface area contributed by atoms with Crippen LogP contribution in [0.15, 0.2) is 30.3 Å². The third-order valence-electron chi connectivity index (χ3n) is 2.82. The summed E-state index contributed by atoms with van der Waals surface area (Å²) >= 11 is 0. The number of benzene rings is 1. The van der Waals surface area contributed by atoms with Gasteiger partial charge < -0.3 is 5.73 Å². The minimum Gasteiger partial charge on any atom is -0.323 e. The number of hydrogen-bond donors (Lipinski definition) is 3. The summed E-state index contributed by atoms with van der Waals surface area (Å²) in [4.78, 5) is 0. The highest BCUT2D eigenvalue weighted by Crippen LogP contribution is 2.08. The van der Waals surface area contributed by atoms with Gasteiger partial charge in [0, 0.05) is 19.1 Å². The Kier molecular flexibility index (Phi) is 6.75. The zero-order valence-corrected chi connectivity index (χ0v) is 13.5. The van der Waals surface area contributed by atoms with Gasteiger partial charge in [-0.3, -0.25) is 0 Å². The normalized spacial score (nSPS) is 14.0. The Morgan fingerprint density at radius 3 is 2.24 bits per heavy atom. The Morgan fingerprint density at radius 1 is 1.05 bits per heavy atom. The molecule has 1 aromatic rings. The van der Waals surface area contributed by atoms with Gasteiger partial charge in [0.15, 0.2) is 0 Å². The molecule has 0 spiro atoms. The number of rotatable bonds is 9. The van der Waals surface area contributed by atoms with Gasteiger partial charge in [-0.1, -0.05) is 30.3 Å². The molecule has 1 unspecified atom stereocenters. The molecule has 1 atom stereocenters. The van der Waals surface area contributed by atoms with Crippen LogP contribution in [0.25, 0.3) is 0 Å². The van der Waals surface area contributed by atoms with Crippen molar-refractivity contribution in [2.24, 2.45) is 5.73 Å². The molecular formula is C12H21N3O4S2. The molecule has 0 bridgehead atoms. The quantitative estimate of drug-likeness (QED) is 0.564. The maximum Gasteiger partial charge on any atom is 0.212 e. The second-order valence-corrected chi connectivity index (χ2v) is 8.50. The molecule has 9 heteroatoms. The SMILES string of the molecule is CCS(=O)(=O)NCCS(=O)(=O)NCC(N)c1ccccc1. The van der Waals surface area contributed by atoms with Crippen LogP contribution in [0.5, 0.6) is 0 Å². The van der Waals surface area contributed by atoms with E-state index >= 15 is 0 Å². The van der Waals surface area contributed by atoms with Gasteiger partial charge in [0.25, 0.3) is 0 Å². The summed E-state index contributed by atoms with van der Waals surface area (Å²) in [6.07, 6.45) is 0. The van der Waals surface area contributed by atoms with Crippen molar-refractivity contribution in [2.45, 2.75) is 13.0 Å². The van der Waals surface area contributed by atoms with Crippen LogP contribution in [0.2, 0.25) is 0 Å². The van der Waals surface area contributed by atoms with E-state index in [0.717, 1.165) is 5.56 Å². The maximum atomic E-state index is 11.7. The molecule has 120 valence electrons. The number of hydrogen-bond acceptors (Lipinski definition) is 5. The lowest BCUT2D eigenvalue weighted by Gasteiger charge is -2.13. The second-order valence-electron chi connectivity index (χ2n) is 4.48. The van der Waals surface area contributed by atoms with Crippen LogP contribution in [0.1, 0.15) is 18.5 Å². The molecule has 1 aromatic carbocycles. The first kappa shape index (κ1) is 18.1. The topological polar surface area (TPSA) is 118 Å². The highest BCUT2D eigenvalue weighted by molar-refractivity contribution is 7.90. The minimum absolute atomic E-state index is 0.0624. The molecule has 0 saturated heterocycles. The first-order valence-electron chi connectivity index (χ1n) is 6.51. The van der Waals surface area contributed by atoms with E-state index in [4.69, 9.17) is 5.73 Å². The minimum atomic E-state index is -3.57. The van der Waals surface area contributed by atoms with E-state index in [9.17, 15) is 16.8 Å². The van der Waals surface area contributed by atoms with Crippen molar-refractivity contribution < 1.29 is 16.8 Å². The fourth-order valence-corrected chi connectivity index (χ4v) is 3.24. The first-order valence-corrected chi connectivity index (χ1v) is 9.81. The van der Waals surface area contributed by atoms with Crippen molar-refractivity contribution in [3.05, 3.63) is 35.9 Å². The number of sulfonamides is 2. The third kappa shape index (κ3) is 7.00. The van der Waals surface area contributed by atoms with E-state index in [1.165, 1.54) is 6.92 Å². The Labute approximate surface area is 126 Å². The zero-order valence-electron chi connectivity index (χ0n) is 11.8. The summed E-state index contributed by atoms with van der Waals surface area (Å²) in [6.45, 7) is 1.38. The van der Waals surface area contributed by atoms with Gasteiger partial charge in [-0.2, -0.15) is 0 Å². The summed E-state index contributed by atoms with van der Waals surface area (Å²) in [7, 11) is -6.96. The van der Waals surface area contributed by atoms with E-state index in [1.54, 1.807) is 0 Å². The highest BCUT2D eigenvalue weighted by Gasteiger charge is 2.14. The second kappa shape index (κ2) is 7.85. The maximum absolute atomic E-state index is 11.7. The summed E-state index contributed by atoms with van der Waals surface area (Å²) in [6, 6.07) is 8.67. The molecule has 7 nitrogen and oxygen atoms in total. The lowest BCUT2D eigenvalue weighted by atomic mass is 10.1. The Morgan fingerprint density at radius 2 is 1.67 bits per heavy atom. The van der Waals surface area contributed by atoms with Crippen molar-refractivity contribution in [3.63, 3.8) is 0 Å². The molecule has 0 saturated carbocycles. The van der Waals surface area contributed by atoms with E-state index in [1.807, 2.05) is 30.3 Å². The smallest absolute Gasteiger partial charge is 0.212 e. The fraction of sp³-hybridized carbons (Fsp3) is 0.500. The molecule has 1 rings (SSSR count). The van der Waals surface area contributed by atoms with E-state index in [0.29, 0.717) is 0 Å². The van der Waals surface area contributed by atoms with Gasteiger partial charge >= 0.3 is 0 Å². The predicted octanol–water partition coefficient (Wildman–Crippen LogP) is -0.455. The summed E-state index contributed by atoms with van der Waals surface area (Å²) in [5.41, 5.74) is 6.71. The molecule has 0 aliphatic heterocycles. The molecule has 0 aliphatic carbocycles. The largest absolute Gasteiger partial charge is 0.323 e. The van der Waals surface area contributed by atoms with Crippen LogP contribution in [-0.4, -0.2) is 41.4 Å². The molecule has 0 amide bonds. The van der Waals surface area contributed by atoms with Crippen LogP contribution in [-0.2, 0) is 20.0 Å². The van der Waals surface area contributed by atoms with Gasteiger partial charge in [-0.25, -0.2) is 26.3 Å². The molecule has 0 radical (unpaired) electrons. The molecule has 0 heterocycles. The van der Waals surface area contributed by atoms with Crippen LogP contribution in [0, 0.1) is 0 Å². The molecular weight excluding hydrogens is 314 g/mol. The van der Waals surface area contributed by atoms with Crippen molar-refractivity contribution in [2.75, 3.05) is 24.6 Å². The zero-order chi connectivity index (χ0) is 15.9. The van der Waals surface area contributed by atoms with Gasteiger partial charge in [0.1, 0.15) is 0 Å². The molecule has 4 N–H and O–H groups in total. The lowest BCUT2D eigenvalue weighted by molar-refractivity contribution is 0.568. The lowest BCUT2D eigenvalue weighted by Crippen LogP contribution is -2.37. The monoisotopic (exact) mass is 335 g/mol. The predicted molar refractivity (Wildman–Crippen MR) is 82.6 cm³/mol. The van der Waals surface area contributed by atoms with Gasteiger partial charge in [-0.05, 0) is 12.5 Å². The summed E-state index contributed by atoms with van der Waals surface area (Å²) in [5.74, 6) is -0.410. The van der Waals surface area contributed by atoms with Crippen molar-refractivity contribution in [3.8, 4) is 0 Å². The third-order valence-corrected chi connectivity index (χ3v) is 5.58. The van der Waals surface area contributed by atoms with E-state index in [-0.39, 0.29) is 24.6 Å². The van der Waals surface area contributed by atoms with Crippen molar-refractivity contribution >= 4 is 20.0 Å². The van der Waals surface area contributed by atoms with Crippen LogP contribution < -0.4 is 15.2 Å². The van der Waals surface area contributed by atoms with Gasteiger partial charge in [-0.15, -0.1) is 0 Å². The van der Waals surface area contributed by atoms with Gasteiger partial charge in [0.05, 0.1) is 11.5 Å².